The number of phenolic OH excluding ortho intramolecular Hbond substituents is 2. The minimum Gasteiger partial charge on any atom is -0.508 e. The fourth-order valence-corrected chi connectivity index (χ4v) is 9.19. The number of hydrogen-bond acceptors (Lipinski definition) is 6. The fraction of sp³-hybridized carbons (Fsp3) is 0.733. The zero-order chi connectivity index (χ0) is 38.6. The maximum absolute atomic E-state index is 11.0. The molecular formula is C45H72O6. The topological polar surface area (TPSA) is 77.4 Å². The Morgan fingerprint density at radius 1 is 0.529 bits per heavy atom. The van der Waals surface area contributed by atoms with E-state index in [0.29, 0.717) is 37.9 Å². The summed E-state index contributed by atoms with van der Waals surface area (Å²) in [5.41, 5.74) is 5.60. The molecule has 0 atom stereocenters. The van der Waals surface area contributed by atoms with E-state index in [2.05, 4.69) is 123 Å². The summed E-state index contributed by atoms with van der Waals surface area (Å²) in [5.74, 6) is 0.745. The molecule has 288 valence electrons. The van der Waals surface area contributed by atoms with Crippen LogP contribution in [0.5, 0.6) is 11.5 Å². The van der Waals surface area contributed by atoms with E-state index in [1.807, 2.05) is 12.1 Å². The lowest BCUT2D eigenvalue weighted by Gasteiger charge is -2.49. The lowest BCUT2D eigenvalue weighted by Crippen LogP contribution is -2.56. The number of hydrogen-bond donors (Lipinski definition) is 2. The van der Waals surface area contributed by atoms with E-state index in [4.69, 9.17) is 18.9 Å². The van der Waals surface area contributed by atoms with Crippen molar-refractivity contribution >= 4 is 0 Å². The van der Waals surface area contributed by atoms with Gasteiger partial charge in [0, 0.05) is 10.8 Å². The van der Waals surface area contributed by atoms with Gasteiger partial charge in [0.05, 0.1) is 31.8 Å². The van der Waals surface area contributed by atoms with Crippen molar-refractivity contribution < 1.29 is 29.2 Å². The van der Waals surface area contributed by atoms with Gasteiger partial charge in [0.1, 0.15) is 11.5 Å². The van der Waals surface area contributed by atoms with Crippen molar-refractivity contribution in [2.75, 3.05) is 26.4 Å². The molecule has 6 heteroatoms. The van der Waals surface area contributed by atoms with Gasteiger partial charge in [-0.3, -0.25) is 0 Å². The van der Waals surface area contributed by atoms with Gasteiger partial charge in [-0.1, -0.05) is 109 Å². The van der Waals surface area contributed by atoms with Gasteiger partial charge >= 0.3 is 0 Å². The average molecular weight is 709 g/mol. The number of aryl methyl sites for hydroxylation is 2. The predicted molar refractivity (Wildman–Crippen MR) is 209 cm³/mol. The van der Waals surface area contributed by atoms with Gasteiger partial charge in [-0.25, -0.2) is 0 Å². The third-order valence-corrected chi connectivity index (χ3v) is 11.0. The summed E-state index contributed by atoms with van der Waals surface area (Å²) in [4.78, 5) is 0. The Kier molecular flexibility index (Phi) is 11.6. The number of benzene rings is 2. The molecule has 6 nitrogen and oxygen atoms in total. The van der Waals surface area contributed by atoms with E-state index in [1.165, 1.54) is 11.1 Å². The Morgan fingerprint density at radius 3 is 1.10 bits per heavy atom. The van der Waals surface area contributed by atoms with E-state index >= 15 is 0 Å². The van der Waals surface area contributed by atoms with Crippen molar-refractivity contribution in [3.8, 4) is 11.5 Å². The first-order valence-electron chi connectivity index (χ1n) is 19.2. The molecule has 2 aliphatic rings. The zero-order valence-electron chi connectivity index (χ0n) is 35.1. The van der Waals surface area contributed by atoms with E-state index in [1.54, 1.807) is 0 Å². The van der Waals surface area contributed by atoms with Crippen molar-refractivity contribution in [2.45, 2.75) is 160 Å². The number of aromatic hydroxyl groups is 2. The first-order chi connectivity index (χ1) is 23.0. The molecule has 0 unspecified atom stereocenters. The standard InChI is InChI=1S/C45H72O6/c1-29-17-35(46)33(43(13,14)23-39(3,4)5)19-31(29)21-41(9,10)37-48-25-45(26-49-37)27-50-38(51-28-45)42(11,12)22-32-20-34(36(47)18-30(32)2)44(15,16)24-40(6,7)8/h17-20,37-38,46-47H,21-28H2,1-16H3. The van der Waals surface area contributed by atoms with E-state index in [0.717, 1.165) is 47.9 Å². The first kappa shape index (κ1) is 41.6. The van der Waals surface area contributed by atoms with Crippen molar-refractivity contribution in [3.63, 3.8) is 0 Å². The van der Waals surface area contributed by atoms with Crippen molar-refractivity contribution in [1.82, 2.24) is 0 Å². The van der Waals surface area contributed by atoms with E-state index in [9.17, 15) is 10.2 Å². The van der Waals surface area contributed by atoms with Crippen LogP contribution in [-0.4, -0.2) is 49.2 Å². The molecule has 2 aromatic carbocycles. The average Bonchev–Trinajstić information content (AvgIpc) is 2.93. The van der Waals surface area contributed by atoms with Crippen LogP contribution in [0.15, 0.2) is 24.3 Å². The second kappa shape index (κ2) is 14.3. The van der Waals surface area contributed by atoms with Crippen molar-refractivity contribution in [1.29, 1.82) is 0 Å². The summed E-state index contributed by atoms with van der Waals surface area (Å²) in [5, 5.41) is 22.0. The highest BCUT2D eigenvalue weighted by Gasteiger charge is 2.48. The lowest BCUT2D eigenvalue weighted by atomic mass is 9.71. The molecule has 51 heavy (non-hydrogen) atoms. The first-order valence-corrected chi connectivity index (χ1v) is 19.2. The van der Waals surface area contributed by atoms with Gasteiger partial charge in [0.15, 0.2) is 12.6 Å². The molecule has 2 aromatic rings. The highest BCUT2D eigenvalue weighted by Crippen LogP contribution is 2.45. The monoisotopic (exact) mass is 709 g/mol. The lowest BCUT2D eigenvalue weighted by molar-refractivity contribution is -0.333. The third kappa shape index (κ3) is 10.1. The van der Waals surface area contributed by atoms with Gasteiger partial charge in [0.2, 0.25) is 0 Å². The van der Waals surface area contributed by atoms with Gasteiger partial charge in [-0.15, -0.1) is 0 Å². The second-order valence-electron chi connectivity index (χ2n) is 21.6. The Morgan fingerprint density at radius 2 is 0.824 bits per heavy atom. The maximum Gasteiger partial charge on any atom is 0.162 e. The molecular weight excluding hydrogens is 636 g/mol. The summed E-state index contributed by atoms with van der Waals surface area (Å²) < 4.78 is 26.0. The summed E-state index contributed by atoms with van der Waals surface area (Å²) in [7, 11) is 0. The molecule has 1 spiro atoms. The molecule has 2 saturated heterocycles. The minimum absolute atomic E-state index is 0.140. The molecule has 2 N–H and O–H groups in total. The van der Waals surface area contributed by atoms with Crippen LogP contribution in [0.4, 0.5) is 0 Å². The van der Waals surface area contributed by atoms with Crippen LogP contribution >= 0.6 is 0 Å². The van der Waals surface area contributed by atoms with Crippen molar-refractivity contribution in [3.05, 3.63) is 57.6 Å². The smallest absolute Gasteiger partial charge is 0.162 e. The molecule has 0 amide bonds. The molecule has 0 aliphatic carbocycles. The Balaban J connectivity index is 1.40. The highest BCUT2D eigenvalue weighted by molar-refractivity contribution is 5.46. The summed E-state index contributed by atoms with van der Waals surface area (Å²) in [6.45, 7) is 37.4. The molecule has 0 bridgehead atoms. The van der Waals surface area contributed by atoms with Gasteiger partial charge in [-0.05, 0) is 107 Å². The maximum atomic E-state index is 11.0. The van der Waals surface area contributed by atoms with E-state index in [-0.39, 0.29) is 50.5 Å². The second-order valence-corrected chi connectivity index (χ2v) is 21.6. The summed E-state index contributed by atoms with van der Waals surface area (Å²) >= 11 is 0. The van der Waals surface area contributed by atoms with Crippen LogP contribution in [0, 0.1) is 40.9 Å². The third-order valence-electron chi connectivity index (χ3n) is 11.0. The Labute approximate surface area is 311 Å². The van der Waals surface area contributed by atoms with Crippen molar-refractivity contribution in [2.24, 2.45) is 27.1 Å². The molecule has 0 radical (unpaired) electrons. The zero-order valence-corrected chi connectivity index (χ0v) is 35.1. The highest BCUT2D eigenvalue weighted by atomic mass is 16.7. The Bertz CT molecular complexity index is 1400. The number of phenols is 2. The summed E-state index contributed by atoms with van der Waals surface area (Å²) in [6, 6.07) is 8.26. The van der Waals surface area contributed by atoms with Crippen LogP contribution in [0.25, 0.3) is 0 Å². The van der Waals surface area contributed by atoms with Gasteiger partial charge in [-0.2, -0.15) is 0 Å². The fourth-order valence-electron chi connectivity index (χ4n) is 9.19. The van der Waals surface area contributed by atoms with Crippen LogP contribution in [0.1, 0.15) is 143 Å². The minimum atomic E-state index is -0.370. The van der Waals surface area contributed by atoms with Gasteiger partial charge in [0.25, 0.3) is 0 Å². The molecule has 2 fully saturated rings. The van der Waals surface area contributed by atoms with E-state index < -0.39 is 0 Å². The predicted octanol–water partition coefficient (Wildman–Crippen LogP) is 10.7. The quantitative estimate of drug-likeness (QED) is 0.256. The molecule has 0 saturated carbocycles. The van der Waals surface area contributed by atoms with Crippen LogP contribution in [0.2, 0.25) is 0 Å². The number of ether oxygens (including phenoxy) is 4. The normalized spacial score (nSPS) is 22.8. The molecule has 2 heterocycles. The molecule has 4 rings (SSSR count). The van der Waals surface area contributed by atoms with Gasteiger partial charge < -0.3 is 29.2 Å². The van der Waals surface area contributed by atoms with Crippen LogP contribution in [-0.2, 0) is 42.6 Å². The molecule has 2 aliphatic heterocycles. The molecule has 0 aromatic heterocycles. The Hall–Kier alpha value is -2.12. The van der Waals surface area contributed by atoms with Crippen LogP contribution < -0.4 is 0 Å². The van der Waals surface area contributed by atoms with Crippen LogP contribution in [0.3, 0.4) is 0 Å². The number of rotatable bonds is 10. The SMILES string of the molecule is Cc1cc(O)c(C(C)(C)CC(C)(C)C)cc1CC(C)(C)C1OCC2(CO1)COC(C(C)(C)Cc1cc(C(C)(C)CC(C)(C)C)c(O)cc1C)OC2. The largest absolute Gasteiger partial charge is 0.508 e. The summed E-state index contributed by atoms with van der Waals surface area (Å²) in [6.07, 6.45) is 2.73.